The van der Waals surface area contributed by atoms with Gasteiger partial charge in [0.25, 0.3) is 0 Å². The maximum Gasteiger partial charge on any atom is 0.315 e. The standard InChI is InChI=1S/C17H20BrClN2O2/c1-10(2)9-21-12(4)14(11(3)20-21)8-17(22)23-16-6-5-13(19)7-15(16)18/h5-7,10H,8-9H2,1-4H3. The molecule has 124 valence electrons. The van der Waals surface area contributed by atoms with E-state index in [-0.39, 0.29) is 12.4 Å². The van der Waals surface area contributed by atoms with Gasteiger partial charge < -0.3 is 4.74 Å². The number of ether oxygens (including phenoxy) is 1. The van der Waals surface area contributed by atoms with Crippen LogP contribution >= 0.6 is 27.5 Å². The van der Waals surface area contributed by atoms with Crippen LogP contribution < -0.4 is 4.74 Å². The fourth-order valence-electron chi connectivity index (χ4n) is 2.37. The summed E-state index contributed by atoms with van der Waals surface area (Å²) < 4.78 is 8.04. The van der Waals surface area contributed by atoms with Gasteiger partial charge in [0.15, 0.2) is 0 Å². The number of benzene rings is 1. The molecule has 0 atom stereocenters. The molecular weight excluding hydrogens is 380 g/mol. The maximum absolute atomic E-state index is 12.2. The van der Waals surface area contributed by atoms with Gasteiger partial charge in [-0.25, -0.2) is 0 Å². The minimum Gasteiger partial charge on any atom is -0.425 e. The fraction of sp³-hybridized carbons (Fsp3) is 0.412. The second-order valence-electron chi connectivity index (χ2n) is 5.95. The summed E-state index contributed by atoms with van der Waals surface area (Å²) in [5, 5.41) is 5.10. The Morgan fingerprint density at radius 2 is 2.09 bits per heavy atom. The largest absolute Gasteiger partial charge is 0.425 e. The zero-order chi connectivity index (χ0) is 17.1. The summed E-state index contributed by atoms with van der Waals surface area (Å²) in [4.78, 5) is 12.2. The van der Waals surface area contributed by atoms with Crippen LogP contribution in [0.3, 0.4) is 0 Å². The highest BCUT2D eigenvalue weighted by atomic mass is 79.9. The summed E-state index contributed by atoms with van der Waals surface area (Å²) >= 11 is 9.23. The van der Waals surface area contributed by atoms with Crippen molar-refractivity contribution in [2.75, 3.05) is 0 Å². The van der Waals surface area contributed by atoms with Crippen molar-refractivity contribution in [2.24, 2.45) is 5.92 Å². The second kappa shape index (κ2) is 7.49. The van der Waals surface area contributed by atoms with Crippen molar-refractivity contribution in [3.05, 3.63) is 44.6 Å². The predicted molar refractivity (Wildman–Crippen MR) is 95.0 cm³/mol. The van der Waals surface area contributed by atoms with E-state index in [4.69, 9.17) is 16.3 Å². The van der Waals surface area contributed by atoms with Gasteiger partial charge in [-0.15, -0.1) is 0 Å². The summed E-state index contributed by atoms with van der Waals surface area (Å²) in [7, 11) is 0. The Labute approximate surface area is 149 Å². The first-order valence-electron chi connectivity index (χ1n) is 7.46. The molecule has 0 aliphatic rings. The Balaban J connectivity index is 2.12. The molecule has 0 bridgehead atoms. The lowest BCUT2D eigenvalue weighted by atomic mass is 10.1. The smallest absolute Gasteiger partial charge is 0.315 e. The van der Waals surface area contributed by atoms with Crippen LogP contribution in [0.4, 0.5) is 0 Å². The predicted octanol–water partition coefficient (Wildman–Crippen LogP) is 4.72. The molecule has 2 aromatic rings. The zero-order valence-electron chi connectivity index (χ0n) is 13.7. The van der Waals surface area contributed by atoms with E-state index in [0.717, 1.165) is 23.5 Å². The summed E-state index contributed by atoms with van der Waals surface area (Å²) in [5.74, 6) is 0.644. The van der Waals surface area contributed by atoms with E-state index >= 15 is 0 Å². The number of rotatable bonds is 5. The van der Waals surface area contributed by atoms with Gasteiger partial charge in [0, 0.05) is 22.8 Å². The number of hydrogen-bond donors (Lipinski definition) is 0. The number of esters is 1. The van der Waals surface area contributed by atoms with Crippen molar-refractivity contribution >= 4 is 33.5 Å². The van der Waals surface area contributed by atoms with Crippen LogP contribution in [0.1, 0.15) is 30.8 Å². The van der Waals surface area contributed by atoms with Crippen molar-refractivity contribution in [3.63, 3.8) is 0 Å². The Morgan fingerprint density at radius 3 is 2.70 bits per heavy atom. The van der Waals surface area contributed by atoms with Crippen LogP contribution in [-0.4, -0.2) is 15.7 Å². The average Bonchev–Trinajstić information content (AvgIpc) is 2.69. The highest BCUT2D eigenvalue weighted by molar-refractivity contribution is 9.10. The molecule has 6 heteroatoms. The molecule has 23 heavy (non-hydrogen) atoms. The summed E-state index contributed by atoms with van der Waals surface area (Å²) in [6.45, 7) is 9.03. The molecule has 0 unspecified atom stereocenters. The zero-order valence-corrected chi connectivity index (χ0v) is 16.0. The van der Waals surface area contributed by atoms with Crippen molar-refractivity contribution in [1.29, 1.82) is 0 Å². The number of carbonyl (C=O) groups is 1. The minimum absolute atomic E-state index is 0.199. The van der Waals surface area contributed by atoms with Crippen LogP contribution in [0.5, 0.6) is 5.75 Å². The van der Waals surface area contributed by atoms with Gasteiger partial charge in [-0.3, -0.25) is 9.48 Å². The van der Waals surface area contributed by atoms with Crippen LogP contribution in [0, 0.1) is 19.8 Å². The average molecular weight is 400 g/mol. The summed E-state index contributed by atoms with van der Waals surface area (Å²) in [6.07, 6.45) is 0.199. The molecule has 0 radical (unpaired) electrons. The van der Waals surface area contributed by atoms with Gasteiger partial charge in [0.05, 0.1) is 16.6 Å². The number of aromatic nitrogens is 2. The lowest BCUT2D eigenvalue weighted by Gasteiger charge is -2.09. The molecular formula is C17H20BrClN2O2. The van der Waals surface area contributed by atoms with Crippen LogP contribution in [0.15, 0.2) is 22.7 Å². The lowest BCUT2D eigenvalue weighted by molar-refractivity contribution is -0.133. The first-order chi connectivity index (χ1) is 10.8. The molecule has 0 fully saturated rings. The van der Waals surface area contributed by atoms with Crippen molar-refractivity contribution in [2.45, 2.75) is 40.7 Å². The molecule has 1 heterocycles. The molecule has 0 saturated heterocycles. The quantitative estimate of drug-likeness (QED) is 0.540. The molecule has 0 aliphatic carbocycles. The van der Waals surface area contributed by atoms with Gasteiger partial charge in [0.2, 0.25) is 0 Å². The van der Waals surface area contributed by atoms with Crippen molar-refractivity contribution in [3.8, 4) is 5.75 Å². The molecule has 2 rings (SSSR count). The number of carbonyl (C=O) groups excluding carboxylic acids is 1. The van der Waals surface area contributed by atoms with E-state index < -0.39 is 0 Å². The lowest BCUT2D eigenvalue weighted by Crippen LogP contribution is -2.13. The number of halogens is 2. The summed E-state index contributed by atoms with van der Waals surface area (Å²) in [6, 6.07) is 5.06. The third-order valence-corrected chi connectivity index (χ3v) is 4.36. The van der Waals surface area contributed by atoms with E-state index in [0.29, 0.717) is 21.2 Å². The van der Waals surface area contributed by atoms with Crippen LogP contribution in [0.2, 0.25) is 5.02 Å². The molecule has 0 saturated carbocycles. The molecule has 0 amide bonds. The first-order valence-corrected chi connectivity index (χ1v) is 8.63. The summed E-state index contributed by atoms with van der Waals surface area (Å²) in [5.41, 5.74) is 2.82. The molecule has 1 aromatic carbocycles. The Bertz CT molecular complexity index is 726. The van der Waals surface area contributed by atoms with E-state index in [9.17, 15) is 4.79 Å². The number of nitrogens with zero attached hydrogens (tertiary/aromatic N) is 2. The van der Waals surface area contributed by atoms with Gasteiger partial charge in [-0.1, -0.05) is 25.4 Å². The Kier molecular flexibility index (Phi) is 5.87. The van der Waals surface area contributed by atoms with Crippen LogP contribution in [0.25, 0.3) is 0 Å². The van der Waals surface area contributed by atoms with E-state index in [2.05, 4.69) is 34.9 Å². The third-order valence-electron chi connectivity index (χ3n) is 3.51. The van der Waals surface area contributed by atoms with E-state index in [1.807, 2.05) is 18.5 Å². The van der Waals surface area contributed by atoms with Gasteiger partial charge in [-0.2, -0.15) is 5.10 Å². The molecule has 4 nitrogen and oxygen atoms in total. The molecule has 0 N–H and O–H groups in total. The number of aryl methyl sites for hydroxylation is 1. The fourth-order valence-corrected chi connectivity index (χ4v) is 3.14. The Morgan fingerprint density at radius 1 is 1.39 bits per heavy atom. The van der Waals surface area contributed by atoms with Gasteiger partial charge in [-0.05, 0) is 53.9 Å². The molecule has 0 aliphatic heterocycles. The SMILES string of the molecule is Cc1nn(CC(C)C)c(C)c1CC(=O)Oc1ccc(Cl)cc1Br. The highest BCUT2D eigenvalue weighted by Gasteiger charge is 2.17. The second-order valence-corrected chi connectivity index (χ2v) is 7.24. The molecule has 1 aromatic heterocycles. The minimum atomic E-state index is -0.316. The molecule has 0 spiro atoms. The van der Waals surface area contributed by atoms with Crippen molar-refractivity contribution in [1.82, 2.24) is 9.78 Å². The van der Waals surface area contributed by atoms with E-state index in [1.165, 1.54) is 0 Å². The normalized spacial score (nSPS) is 11.1. The topological polar surface area (TPSA) is 44.1 Å². The first kappa shape index (κ1) is 18.0. The monoisotopic (exact) mass is 398 g/mol. The van der Waals surface area contributed by atoms with Crippen LogP contribution in [-0.2, 0) is 17.8 Å². The van der Waals surface area contributed by atoms with Crippen molar-refractivity contribution < 1.29 is 9.53 Å². The Hall–Kier alpha value is -1.33. The van der Waals surface area contributed by atoms with E-state index in [1.54, 1.807) is 18.2 Å². The third kappa shape index (κ3) is 4.58. The van der Waals surface area contributed by atoms with Gasteiger partial charge >= 0.3 is 5.97 Å². The number of hydrogen-bond acceptors (Lipinski definition) is 3. The highest BCUT2D eigenvalue weighted by Crippen LogP contribution is 2.28. The van der Waals surface area contributed by atoms with Gasteiger partial charge in [0.1, 0.15) is 5.75 Å². The maximum atomic E-state index is 12.2.